The van der Waals surface area contributed by atoms with Gasteiger partial charge in [-0.2, -0.15) is 0 Å². The maximum Gasteiger partial charge on any atom is 0.102 e. The lowest BCUT2D eigenvalue weighted by Crippen LogP contribution is -1.85. The van der Waals surface area contributed by atoms with Gasteiger partial charge in [0, 0.05) is 0 Å². The summed E-state index contributed by atoms with van der Waals surface area (Å²) in [7, 11) is 0. The first-order valence-corrected chi connectivity index (χ1v) is 4.21. The predicted octanol–water partition coefficient (Wildman–Crippen LogP) is 2.49. The normalized spacial score (nSPS) is 22.4. The molecule has 0 N–H and O–H groups in total. The van der Waals surface area contributed by atoms with Crippen LogP contribution in [0.25, 0.3) is 6.08 Å². The molecule has 0 amide bonds. The number of benzene rings is 1. The monoisotopic (exact) mass is 160 g/mol. The highest BCUT2D eigenvalue weighted by Crippen LogP contribution is 2.20. The highest BCUT2D eigenvalue weighted by molar-refractivity contribution is 5.53. The van der Waals surface area contributed by atoms with Gasteiger partial charge in [0.15, 0.2) is 0 Å². The minimum absolute atomic E-state index is 0.394. The second kappa shape index (κ2) is 3.11. The van der Waals surface area contributed by atoms with Gasteiger partial charge in [0.1, 0.15) is 6.10 Å². The Balaban J connectivity index is 2.15. The average molecular weight is 160 g/mol. The minimum atomic E-state index is 0.394. The molecule has 1 aromatic carbocycles. The fraction of sp³-hybridized carbons (Fsp3) is 0.273. The van der Waals surface area contributed by atoms with E-state index < -0.39 is 0 Å². The van der Waals surface area contributed by atoms with Crippen molar-refractivity contribution < 1.29 is 4.74 Å². The van der Waals surface area contributed by atoms with Gasteiger partial charge in [0.25, 0.3) is 0 Å². The van der Waals surface area contributed by atoms with E-state index in [9.17, 15) is 0 Å². The predicted molar refractivity (Wildman–Crippen MR) is 49.8 cm³/mol. The van der Waals surface area contributed by atoms with Gasteiger partial charge in [-0.15, -0.1) is 0 Å². The smallest absolute Gasteiger partial charge is 0.102 e. The summed E-state index contributed by atoms with van der Waals surface area (Å²) in [5.74, 6) is 0. The van der Waals surface area contributed by atoms with Crippen molar-refractivity contribution in [2.45, 2.75) is 13.0 Å². The summed E-state index contributed by atoms with van der Waals surface area (Å²) in [4.78, 5) is 0. The Hall–Kier alpha value is -1.08. The third-order valence-corrected chi connectivity index (χ3v) is 2.04. The van der Waals surface area contributed by atoms with E-state index in [1.807, 2.05) is 18.2 Å². The molecular weight excluding hydrogens is 148 g/mol. The molecule has 1 nitrogen and oxygen atoms in total. The minimum Gasteiger partial charge on any atom is -0.368 e. The summed E-state index contributed by atoms with van der Waals surface area (Å²) in [5.41, 5.74) is 2.58. The molecule has 0 aromatic heterocycles. The van der Waals surface area contributed by atoms with Gasteiger partial charge in [-0.25, -0.2) is 0 Å². The third kappa shape index (κ3) is 1.74. The standard InChI is InChI=1S/C11H12O/c1-9(11-8-12-11)7-10-5-3-2-4-6-10/h2-7,11H,8H2,1H3/b9-7+. The van der Waals surface area contributed by atoms with Crippen LogP contribution in [0.5, 0.6) is 0 Å². The van der Waals surface area contributed by atoms with E-state index in [-0.39, 0.29) is 0 Å². The Morgan fingerprint density at radius 2 is 2.08 bits per heavy atom. The van der Waals surface area contributed by atoms with Gasteiger partial charge >= 0.3 is 0 Å². The Morgan fingerprint density at radius 3 is 2.67 bits per heavy atom. The van der Waals surface area contributed by atoms with Gasteiger partial charge in [-0.05, 0) is 18.1 Å². The van der Waals surface area contributed by atoms with E-state index in [0.717, 1.165) is 6.61 Å². The first kappa shape index (κ1) is 7.56. The van der Waals surface area contributed by atoms with Gasteiger partial charge in [0.05, 0.1) is 6.61 Å². The molecule has 1 saturated heterocycles. The van der Waals surface area contributed by atoms with Crippen LogP contribution in [0.3, 0.4) is 0 Å². The van der Waals surface area contributed by atoms with Crippen LogP contribution in [0.15, 0.2) is 35.9 Å². The van der Waals surface area contributed by atoms with Crippen LogP contribution in [0.1, 0.15) is 12.5 Å². The molecule has 1 heteroatoms. The summed E-state index contributed by atoms with van der Waals surface area (Å²) in [6.45, 7) is 3.01. The van der Waals surface area contributed by atoms with E-state index in [0.29, 0.717) is 6.10 Å². The Bertz CT molecular complexity index is 283. The Kier molecular flexibility index (Phi) is 1.96. The maximum atomic E-state index is 5.17. The zero-order chi connectivity index (χ0) is 8.39. The molecule has 0 aliphatic carbocycles. The molecule has 1 atom stereocenters. The van der Waals surface area contributed by atoms with E-state index in [1.54, 1.807) is 0 Å². The summed E-state index contributed by atoms with van der Waals surface area (Å²) >= 11 is 0. The molecule has 1 unspecified atom stereocenters. The molecule has 12 heavy (non-hydrogen) atoms. The number of epoxide rings is 1. The second-order valence-electron chi connectivity index (χ2n) is 3.12. The fourth-order valence-electron chi connectivity index (χ4n) is 1.22. The number of hydrogen-bond acceptors (Lipinski definition) is 1. The van der Waals surface area contributed by atoms with Crippen LogP contribution in [0.4, 0.5) is 0 Å². The van der Waals surface area contributed by atoms with Crippen LogP contribution in [0.2, 0.25) is 0 Å². The molecule has 1 fully saturated rings. The van der Waals surface area contributed by atoms with Crippen LogP contribution < -0.4 is 0 Å². The summed E-state index contributed by atoms with van der Waals surface area (Å²) < 4.78 is 5.17. The summed E-state index contributed by atoms with van der Waals surface area (Å²) in [6, 6.07) is 10.3. The van der Waals surface area contributed by atoms with E-state index in [2.05, 4.69) is 25.1 Å². The first-order chi connectivity index (χ1) is 5.86. The average Bonchev–Trinajstić information content (AvgIpc) is 2.88. The van der Waals surface area contributed by atoms with Crippen molar-refractivity contribution in [3.8, 4) is 0 Å². The van der Waals surface area contributed by atoms with Gasteiger partial charge < -0.3 is 4.74 Å². The maximum absolute atomic E-state index is 5.17. The molecule has 0 saturated carbocycles. The number of rotatable bonds is 2. The molecule has 1 aliphatic heterocycles. The van der Waals surface area contributed by atoms with E-state index >= 15 is 0 Å². The van der Waals surface area contributed by atoms with Crippen molar-refractivity contribution in [1.82, 2.24) is 0 Å². The topological polar surface area (TPSA) is 12.5 Å². The molecule has 0 radical (unpaired) electrons. The Morgan fingerprint density at radius 1 is 1.42 bits per heavy atom. The van der Waals surface area contributed by atoms with Crippen molar-refractivity contribution in [2.75, 3.05) is 6.61 Å². The lowest BCUT2D eigenvalue weighted by molar-refractivity contribution is 0.432. The zero-order valence-electron chi connectivity index (χ0n) is 7.16. The molecule has 1 heterocycles. The van der Waals surface area contributed by atoms with Gasteiger partial charge in [-0.1, -0.05) is 36.4 Å². The zero-order valence-corrected chi connectivity index (χ0v) is 7.16. The van der Waals surface area contributed by atoms with Crippen LogP contribution >= 0.6 is 0 Å². The Labute approximate surface area is 72.7 Å². The van der Waals surface area contributed by atoms with Crippen molar-refractivity contribution in [3.05, 3.63) is 41.5 Å². The molecule has 62 valence electrons. The third-order valence-electron chi connectivity index (χ3n) is 2.04. The molecule has 0 bridgehead atoms. The van der Waals surface area contributed by atoms with Crippen molar-refractivity contribution >= 4 is 6.08 Å². The molecule has 0 spiro atoms. The van der Waals surface area contributed by atoms with Crippen molar-refractivity contribution in [1.29, 1.82) is 0 Å². The van der Waals surface area contributed by atoms with Crippen LogP contribution in [-0.4, -0.2) is 12.7 Å². The lowest BCUT2D eigenvalue weighted by atomic mass is 10.1. The van der Waals surface area contributed by atoms with Crippen LogP contribution in [-0.2, 0) is 4.74 Å². The van der Waals surface area contributed by atoms with E-state index in [4.69, 9.17) is 4.74 Å². The first-order valence-electron chi connectivity index (χ1n) is 4.21. The number of ether oxygens (including phenoxy) is 1. The fourth-order valence-corrected chi connectivity index (χ4v) is 1.22. The van der Waals surface area contributed by atoms with Gasteiger partial charge in [-0.3, -0.25) is 0 Å². The molecule has 1 aromatic rings. The quantitative estimate of drug-likeness (QED) is 0.605. The molecule has 2 rings (SSSR count). The van der Waals surface area contributed by atoms with Crippen LogP contribution in [0, 0.1) is 0 Å². The van der Waals surface area contributed by atoms with E-state index in [1.165, 1.54) is 11.1 Å². The van der Waals surface area contributed by atoms with Gasteiger partial charge in [0.2, 0.25) is 0 Å². The highest BCUT2D eigenvalue weighted by Gasteiger charge is 2.23. The largest absolute Gasteiger partial charge is 0.368 e. The second-order valence-corrected chi connectivity index (χ2v) is 3.12. The number of hydrogen-bond donors (Lipinski definition) is 0. The van der Waals surface area contributed by atoms with Crippen molar-refractivity contribution in [3.63, 3.8) is 0 Å². The SMILES string of the molecule is C/C(=C\c1ccccc1)C1CO1. The van der Waals surface area contributed by atoms with Crippen molar-refractivity contribution in [2.24, 2.45) is 0 Å². The summed E-state index contributed by atoms with van der Waals surface area (Å²) in [6.07, 6.45) is 2.57. The summed E-state index contributed by atoms with van der Waals surface area (Å²) in [5, 5.41) is 0. The lowest BCUT2D eigenvalue weighted by Gasteiger charge is -1.95. The highest BCUT2D eigenvalue weighted by atomic mass is 16.6. The molecule has 1 aliphatic rings. The molecular formula is C11H12O.